The summed E-state index contributed by atoms with van der Waals surface area (Å²) in [4.78, 5) is 22.3. The van der Waals surface area contributed by atoms with Crippen molar-refractivity contribution in [2.24, 2.45) is 0 Å². The smallest absolute Gasteiger partial charge is 0.307 e. The third-order valence-corrected chi connectivity index (χ3v) is 3.71. The molecule has 0 amide bonds. The summed E-state index contributed by atoms with van der Waals surface area (Å²) in [5.41, 5.74) is 1.32. The Balaban J connectivity index is 2.19. The molecule has 0 fully saturated rings. The van der Waals surface area contributed by atoms with Crippen LogP contribution in [0, 0.1) is 0 Å². The molecule has 0 aromatic rings. The van der Waals surface area contributed by atoms with Crippen LogP contribution < -0.4 is 0 Å². The van der Waals surface area contributed by atoms with Crippen LogP contribution in [0.5, 0.6) is 0 Å². The summed E-state index contributed by atoms with van der Waals surface area (Å²) < 4.78 is 10.2. The Morgan fingerprint density at radius 2 is 1.76 bits per heavy atom. The van der Waals surface area contributed by atoms with Crippen molar-refractivity contribution < 1.29 is 19.1 Å². The van der Waals surface area contributed by atoms with E-state index in [1.165, 1.54) is 18.9 Å². The molecule has 0 aliphatic heterocycles. The van der Waals surface area contributed by atoms with Crippen LogP contribution in [-0.2, 0) is 19.1 Å². The summed E-state index contributed by atoms with van der Waals surface area (Å²) in [6.45, 7) is 3.76. The van der Waals surface area contributed by atoms with Crippen LogP contribution in [0.1, 0.15) is 78.1 Å². The van der Waals surface area contributed by atoms with E-state index in [0.29, 0.717) is 13.0 Å². The summed E-state index contributed by atoms with van der Waals surface area (Å²) in [6, 6.07) is 0. The highest BCUT2D eigenvalue weighted by Gasteiger charge is 2.15. The number of unbranched alkanes of at least 4 members (excludes halogenated alkanes) is 3. The first-order valence-electron chi connectivity index (χ1n) is 8.18. The molecule has 1 rings (SSSR count). The summed E-state index contributed by atoms with van der Waals surface area (Å²) in [5.74, 6) is 0.615. The second-order valence-electron chi connectivity index (χ2n) is 5.55. The van der Waals surface area contributed by atoms with Gasteiger partial charge in [-0.1, -0.05) is 12.8 Å². The molecule has 21 heavy (non-hydrogen) atoms. The predicted molar refractivity (Wildman–Crippen MR) is 81.6 cm³/mol. The quantitative estimate of drug-likeness (QED) is 0.470. The van der Waals surface area contributed by atoms with Gasteiger partial charge < -0.3 is 9.47 Å². The highest BCUT2D eigenvalue weighted by atomic mass is 16.5. The van der Waals surface area contributed by atoms with Gasteiger partial charge in [0.1, 0.15) is 5.76 Å². The van der Waals surface area contributed by atoms with Crippen molar-refractivity contribution in [3.63, 3.8) is 0 Å². The van der Waals surface area contributed by atoms with Gasteiger partial charge in [-0.05, 0) is 51.0 Å². The van der Waals surface area contributed by atoms with Gasteiger partial charge >= 0.3 is 11.9 Å². The topological polar surface area (TPSA) is 52.6 Å². The van der Waals surface area contributed by atoms with Crippen LogP contribution in [-0.4, -0.2) is 18.5 Å². The summed E-state index contributed by atoms with van der Waals surface area (Å²) in [6.07, 6.45) is 9.97. The maximum atomic E-state index is 11.2. The number of rotatable bonds is 9. The Morgan fingerprint density at radius 1 is 1.05 bits per heavy atom. The van der Waals surface area contributed by atoms with Crippen molar-refractivity contribution in [1.29, 1.82) is 0 Å². The van der Waals surface area contributed by atoms with Gasteiger partial charge in [-0.2, -0.15) is 0 Å². The molecule has 0 aromatic heterocycles. The average Bonchev–Trinajstić information content (AvgIpc) is 2.44. The minimum Gasteiger partial charge on any atom is -0.466 e. The van der Waals surface area contributed by atoms with Crippen LogP contribution >= 0.6 is 0 Å². The molecule has 0 heterocycles. The van der Waals surface area contributed by atoms with Gasteiger partial charge in [0, 0.05) is 19.8 Å². The van der Waals surface area contributed by atoms with E-state index < -0.39 is 0 Å². The largest absolute Gasteiger partial charge is 0.466 e. The van der Waals surface area contributed by atoms with Crippen molar-refractivity contribution in [3.8, 4) is 0 Å². The minimum absolute atomic E-state index is 0.0929. The molecule has 0 saturated carbocycles. The molecular formula is C17H28O4. The van der Waals surface area contributed by atoms with Gasteiger partial charge in [-0.25, -0.2) is 0 Å². The van der Waals surface area contributed by atoms with Gasteiger partial charge in [-0.3, -0.25) is 9.59 Å². The second kappa shape index (κ2) is 10.4. The third-order valence-electron chi connectivity index (χ3n) is 3.71. The van der Waals surface area contributed by atoms with Crippen molar-refractivity contribution in [2.75, 3.05) is 6.61 Å². The highest BCUT2D eigenvalue weighted by Crippen LogP contribution is 2.29. The first-order valence-corrected chi connectivity index (χ1v) is 8.18. The molecular weight excluding hydrogens is 268 g/mol. The van der Waals surface area contributed by atoms with E-state index in [0.717, 1.165) is 57.1 Å². The zero-order valence-electron chi connectivity index (χ0n) is 13.4. The van der Waals surface area contributed by atoms with Crippen molar-refractivity contribution in [1.82, 2.24) is 0 Å². The molecule has 120 valence electrons. The highest BCUT2D eigenvalue weighted by molar-refractivity contribution is 5.69. The molecule has 1 aliphatic carbocycles. The van der Waals surface area contributed by atoms with Gasteiger partial charge in [0.15, 0.2) is 0 Å². The Hall–Kier alpha value is -1.32. The SMILES string of the molecule is CCOC(=O)CCCCCCC1=C(OC(C)=O)CCCC1. The molecule has 0 aromatic carbocycles. The Bertz CT molecular complexity index is 371. The van der Waals surface area contributed by atoms with E-state index >= 15 is 0 Å². The van der Waals surface area contributed by atoms with Crippen molar-refractivity contribution in [2.45, 2.75) is 78.1 Å². The lowest BCUT2D eigenvalue weighted by molar-refractivity contribution is -0.143. The fourth-order valence-corrected chi connectivity index (χ4v) is 2.70. The molecule has 4 heteroatoms. The molecule has 0 atom stereocenters. The Labute approximate surface area is 127 Å². The van der Waals surface area contributed by atoms with E-state index in [1.54, 1.807) is 0 Å². The predicted octanol–water partition coefficient (Wildman–Crippen LogP) is 4.28. The molecule has 1 aliphatic rings. The fraction of sp³-hybridized carbons (Fsp3) is 0.765. The molecule has 0 saturated heterocycles. The Kier molecular flexibility index (Phi) is 8.79. The van der Waals surface area contributed by atoms with Gasteiger partial charge in [0.2, 0.25) is 0 Å². The number of carbonyl (C=O) groups excluding carboxylic acids is 2. The first-order chi connectivity index (χ1) is 10.1. The fourth-order valence-electron chi connectivity index (χ4n) is 2.70. The monoisotopic (exact) mass is 296 g/mol. The number of carbonyl (C=O) groups is 2. The van der Waals surface area contributed by atoms with Crippen LogP contribution in [0.3, 0.4) is 0 Å². The number of allylic oxidation sites excluding steroid dienone is 2. The second-order valence-corrected chi connectivity index (χ2v) is 5.55. The zero-order chi connectivity index (χ0) is 15.5. The van der Waals surface area contributed by atoms with Crippen LogP contribution in [0.2, 0.25) is 0 Å². The number of hydrogen-bond donors (Lipinski definition) is 0. The summed E-state index contributed by atoms with van der Waals surface area (Å²) in [7, 11) is 0. The maximum Gasteiger partial charge on any atom is 0.307 e. The lowest BCUT2D eigenvalue weighted by atomic mass is 9.93. The number of ether oxygens (including phenoxy) is 2. The Morgan fingerprint density at radius 3 is 2.48 bits per heavy atom. The molecule has 0 unspecified atom stereocenters. The van der Waals surface area contributed by atoms with E-state index in [2.05, 4.69) is 0 Å². The van der Waals surface area contributed by atoms with E-state index in [9.17, 15) is 9.59 Å². The van der Waals surface area contributed by atoms with Gasteiger partial charge in [0.25, 0.3) is 0 Å². The lowest BCUT2D eigenvalue weighted by Crippen LogP contribution is -2.07. The minimum atomic E-state index is -0.209. The van der Waals surface area contributed by atoms with E-state index in [-0.39, 0.29) is 11.9 Å². The number of hydrogen-bond acceptors (Lipinski definition) is 4. The van der Waals surface area contributed by atoms with Crippen molar-refractivity contribution in [3.05, 3.63) is 11.3 Å². The summed E-state index contributed by atoms with van der Waals surface area (Å²) in [5, 5.41) is 0. The summed E-state index contributed by atoms with van der Waals surface area (Å²) >= 11 is 0. The molecule has 0 bridgehead atoms. The molecule has 0 spiro atoms. The third kappa shape index (κ3) is 7.88. The first kappa shape index (κ1) is 17.7. The average molecular weight is 296 g/mol. The van der Waals surface area contributed by atoms with Crippen molar-refractivity contribution >= 4 is 11.9 Å². The van der Waals surface area contributed by atoms with Crippen LogP contribution in [0.4, 0.5) is 0 Å². The van der Waals surface area contributed by atoms with Gasteiger partial charge in [-0.15, -0.1) is 0 Å². The van der Waals surface area contributed by atoms with Gasteiger partial charge in [0.05, 0.1) is 6.61 Å². The standard InChI is InChI=1S/C17H28O4/c1-3-20-17(19)13-7-5-4-6-10-15-11-8-9-12-16(15)21-14(2)18/h3-13H2,1-2H3. The molecule has 0 N–H and O–H groups in total. The van der Waals surface area contributed by atoms with Crippen LogP contribution in [0.15, 0.2) is 11.3 Å². The maximum absolute atomic E-state index is 11.2. The lowest BCUT2D eigenvalue weighted by Gasteiger charge is -2.19. The number of esters is 2. The molecule has 4 nitrogen and oxygen atoms in total. The molecule has 0 radical (unpaired) electrons. The van der Waals surface area contributed by atoms with E-state index in [1.807, 2.05) is 6.92 Å². The van der Waals surface area contributed by atoms with E-state index in [4.69, 9.17) is 9.47 Å². The van der Waals surface area contributed by atoms with Crippen LogP contribution in [0.25, 0.3) is 0 Å². The zero-order valence-corrected chi connectivity index (χ0v) is 13.4. The normalized spacial score (nSPS) is 15.0.